The summed E-state index contributed by atoms with van der Waals surface area (Å²) in [5.41, 5.74) is -0.774. The molecule has 0 aliphatic rings. The van der Waals surface area contributed by atoms with Crippen molar-refractivity contribution in [1.82, 2.24) is 0 Å². The lowest BCUT2D eigenvalue weighted by Gasteiger charge is -2.38. The van der Waals surface area contributed by atoms with E-state index in [0.29, 0.717) is 0 Å². The molecule has 0 aromatic rings. The average molecular weight is 188 g/mol. The standard InChI is InChI=1S/C9H18NO3/c1-8(2,3)7(9(4,5)6)13-10(11)12/h7H,1H2,2-6H3. The van der Waals surface area contributed by atoms with E-state index in [1.54, 1.807) is 0 Å². The lowest BCUT2D eigenvalue weighted by atomic mass is 9.74. The first kappa shape index (κ1) is 12.2. The van der Waals surface area contributed by atoms with Crippen LogP contribution >= 0.6 is 0 Å². The van der Waals surface area contributed by atoms with Gasteiger partial charge in [-0.05, 0) is 17.8 Å². The summed E-state index contributed by atoms with van der Waals surface area (Å²) in [7, 11) is 0. The van der Waals surface area contributed by atoms with Crippen molar-refractivity contribution >= 4 is 0 Å². The number of hydrogen-bond donors (Lipinski definition) is 0. The first-order valence-corrected chi connectivity index (χ1v) is 4.21. The Hall–Kier alpha value is -0.800. The SMILES string of the molecule is [CH2]C(C)(C)C(O[N+](=O)[O-])C(C)(C)C. The van der Waals surface area contributed by atoms with Crippen LogP contribution in [-0.4, -0.2) is 11.2 Å². The maximum atomic E-state index is 10.3. The van der Waals surface area contributed by atoms with Crippen LogP contribution in [0.25, 0.3) is 0 Å². The summed E-state index contributed by atoms with van der Waals surface area (Å²) in [4.78, 5) is 14.9. The second-order valence-corrected chi connectivity index (χ2v) is 5.06. The summed E-state index contributed by atoms with van der Waals surface area (Å²) in [5.74, 6) is 0. The fourth-order valence-electron chi connectivity index (χ4n) is 1.56. The van der Waals surface area contributed by atoms with Crippen LogP contribution in [0.3, 0.4) is 0 Å². The Morgan fingerprint density at radius 1 is 1.31 bits per heavy atom. The molecule has 1 radical (unpaired) electrons. The van der Waals surface area contributed by atoms with Crippen LogP contribution in [0.4, 0.5) is 0 Å². The summed E-state index contributed by atoms with van der Waals surface area (Å²) in [6.45, 7) is 13.2. The van der Waals surface area contributed by atoms with E-state index in [2.05, 4.69) is 11.8 Å². The van der Waals surface area contributed by atoms with E-state index in [-0.39, 0.29) is 5.41 Å². The molecule has 0 saturated heterocycles. The molecule has 0 N–H and O–H groups in total. The van der Waals surface area contributed by atoms with Gasteiger partial charge in [0.25, 0.3) is 5.09 Å². The van der Waals surface area contributed by atoms with Crippen molar-refractivity contribution in [3.63, 3.8) is 0 Å². The van der Waals surface area contributed by atoms with Crippen molar-refractivity contribution in [2.75, 3.05) is 0 Å². The molecule has 0 aliphatic heterocycles. The van der Waals surface area contributed by atoms with Gasteiger partial charge in [-0.1, -0.05) is 34.6 Å². The molecule has 0 heterocycles. The van der Waals surface area contributed by atoms with Crippen molar-refractivity contribution < 1.29 is 9.92 Å². The topological polar surface area (TPSA) is 52.4 Å². The Labute approximate surface area is 79.4 Å². The van der Waals surface area contributed by atoms with Gasteiger partial charge in [0.1, 0.15) is 6.10 Å². The first-order chi connectivity index (χ1) is 5.55. The second-order valence-electron chi connectivity index (χ2n) is 5.06. The van der Waals surface area contributed by atoms with Crippen LogP contribution in [-0.2, 0) is 4.84 Å². The van der Waals surface area contributed by atoms with Crippen molar-refractivity contribution in [2.24, 2.45) is 10.8 Å². The third-order valence-electron chi connectivity index (χ3n) is 1.69. The molecule has 13 heavy (non-hydrogen) atoms. The highest BCUT2D eigenvalue weighted by atomic mass is 17.0. The molecule has 4 heteroatoms. The second kappa shape index (κ2) is 3.52. The summed E-state index contributed by atoms with van der Waals surface area (Å²) >= 11 is 0. The Bertz CT molecular complexity index is 174. The van der Waals surface area contributed by atoms with Crippen LogP contribution in [0, 0.1) is 27.9 Å². The van der Waals surface area contributed by atoms with Gasteiger partial charge in [-0.3, -0.25) is 0 Å². The average Bonchev–Trinajstić information content (AvgIpc) is 1.77. The van der Waals surface area contributed by atoms with E-state index in [0.717, 1.165) is 0 Å². The highest BCUT2D eigenvalue weighted by molar-refractivity contribution is 4.88. The molecule has 0 aromatic heterocycles. The largest absolute Gasteiger partial charge is 0.309 e. The van der Waals surface area contributed by atoms with Crippen molar-refractivity contribution in [2.45, 2.75) is 40.7 Å². The third kappa shape index (κ3) is 4.10. The molecule has 1 unspecified atom stereocenters. The Morgan fingerprint density at radius 2 is 1.69 bits per heavy atom. The molecule has 0 saturated carbocycles. The molecule has 0 aromatic carbocycles. The van der Waals surface area contributed by atoms with Gasteiger partial charge >= 0.3 is 0 Å². The van der Waals surface area contributed by atoms with E-state index in [4.69, 9.17) is 0 Å². The predicted molar refractivity (Wildman–Crippen MR) is 50.5 cm³/mol. The zero-order chi connectivity index (χ0) is 10.9. The van der Waals surface area contributed by atoms with Gasteiger partial charge < -0.3 is 4.84 Å². The number of nitrogens with zero attached hydrogens (tertiary/aromatic N) is 1. The lowest BCUT2D eigenvalue weighted by Crippen LogP contribution is -2.42. The summed E-state index contributed by atoms with van der Waals surface area (Å²) in [6, 6.07) is 0. The van der Waals surface area contributed by atoms with Gasteiger partial charge in [0.2, 0.25) is 0 Å². The van der Waals surface area contributed by atoms with Gasteiger partial charge in [0.05, 0.1) is 0 Å². The van der Waals surface area contributed by atoms with Crippen molar-refractivity contribution in [1.29, 1.82) is 0 Å². The molecule has 0 rings (SSSR count). The molecular weight excluding hydrogens is 170 g/mol. The molecule has 1 atom stereocenters. The highest BCUT2D eigenvalue weighted by Gasteiger charge is 2.38. The predicted octanol–water partition coefficient (Wildman–Crippen LogP) is 2.47. The number of hydrogen-bond acceptors (Lipinski definition) is 3. The van der Waals surface area contributed by atoms with E-state index in [1.165, 1.54) is 0 Å². The molecule has 0 fully saturated rings. The summed E-state index contributed by atoms with van der Waals surface area (Å²) < 4.78 is 0. The van der Waals surface area contributed by atoms with Crippen LogP contribution in [0.1, 0.15) is 34.6 Å². The molecule has 0 spiro atoms. The minimum atomic E-state index is -0.747. The summed E-state index contributed by atoms with van der Waals surface area (Å²) in [6.07, 6.45) is -0.505. The zero-order valence-corrected chi connectivity index (χ0v) is 8.96. The number of rotatable bonds is 3. The maximum Gasteiger partial charge on any atom is 0.294 e. The van der Waals surface area contributed by atoms with Crippen molar-refractivity contribution in [3.05, 3.63) is 17.0 Å². The van der Waals surface area contributed by atoms with Gasteiger partial charge in [-0.25, -0.2) is 0 Å². The first-order valence-electron chi connectivity index (χ1n) is 4.21. The molecule has 4 nitrogen and oxygen atoms in total. The highest BCUT2D eigenvalue weighted by Crippen LogP contribution is 2.35. The fraction of sp³-hybridized carbons (Fsp3) is 0.889. The van der Waals surface area contributed by atoms with Gasteiger partial charge in [-0.2, -0.15) is 0 Å². The Morgan fingerprint density at radius 3 is 1.77 bits per heavy atom. The normalized spacial score (nSPS) is 13.2. The van der Waals surface area contributed by atoms with Gasteiger partial charge in [0.15, 0.2) is 0 Å². The minimum Gasteiger partial charge on any atom is -0.309 e. The molecule has 0 amide bonds. The smallest absolute Gasteiger partial charge is 0.294 e. The van der Waals surface area contributed by atoms with E-state index in [1.807, 2.05) is 34.6 Å². The van der Waals surface area contributed by atoms with Gasteiger partial charge in [-0.15, -0.1) is 10.1 Å². The molecule has 0 aliphatic carbocycles. The van der Waals surface area contributed by atoms with Crippen molar-refractivity contribution in [3.8, 4) is 0 Å². The van der Waals surface area contributed by atoms with Crippen LogP contribution < -0.4 is 0 Å². The zero-order valence-electron chi connectivity index (χ0n) is 8.96. The van der Waals surface area contributed by atoms with Crippen LogP contribution in [0.5, 0.6) is 0 Å². The maximum absolute atomic E-state index is 10.3. The van der Waals surface area contributed by atoms with E-state index < -0.39 is 16.6 Å². The minimum absolute atomic E-state index is 0.293. The monoisotopic (exact) mass is 188 g/mol. The Kier molecular flexibility index (Phi) is 3.30. The third-order valence-corrected chi connectivity index (χ3v) is 1.69. The molecule has 0 bridgehead atoms. The van der Waals surface area contributed by atoms with E-state index >= 15 is 0 Å². The van der Waals surface area contributed by atoms with Crippen LogP contribution in [0.15, 0.2) is 0 Å². The fourth-order valence-corrected chi connectivity index (χ4v) is 1.56. The lowest BCUT2D eigenvalue weighted by molar-refractivity contribution is -0.775. The van der Waals surface area contributed by atoms with Crippen LogP contribution in [0.2, 0.25) is 0 Å². The quantitative estimate of drug-likeness (QED) is 0.505. The van der Waals surface area contributed by atoms with E-state index in [9.17, 15) is 10.1 Å². The summed E-state index contributed by atoms with van der Waals surface area (Å²) in [5, 5.41) is 9.51. The Balaban J connectivity index is 4.68. The molecule has 77 valence electrons. The van der Waals surface area contributed by atoms with Gasteiger partial charge in [0, 0.05) is 0 Å². The molecular formula is C9H18NO3.